The van der Waals surface area contributed by atoms with Crippen molar-refractivity contribution < 1.29 is 17.9 Å². The van der Waals surface area contributed by atoms with Gasteiger partial charge in [0.2, 0.25) is 10.0 Å². The molecule has 2 aromatic carbocycles. The molecular weight excluding hydrogens is 314 g/mol. The van der Waals surface area contributed by atoms with Gasteiger partial charge in [-0.2, -0.15) is 4.31 Å². The second-order valence-corrected chi connectivity index (χ2v) is 7.67. The van der Waals surface area contributed by atoms with Crippen molar-refractivity contribution in [3.8, 4) is 0 Å². The molecular formula is C17H19NO4S. The molecule has 2 aromatic rings. The second-order valence-electron chi connectivity index (χ2n) is 5.73. The van der Waals surface area contributed by atoms with Gasteiger partial charge >= 0.3 is 5.97 Å². The third kappa shape index (κ3) is 3.09. The maximum absolute atomic E-state index is 12.9. The lowest BCUT2D eigenvalue weighted by atomic mass is 10.0. The van der Waals surface area contributed by atoms with Crippen molar-refractivity contribution in [2.45, 2.75) is 17.7 Å². The third-order valence-corrected chi connectivity index (χ3v) is 6.14. The quantitative estimate of drug-likeness (QED) is 0.809. The highest BCUT2D eigenvalue weighted by molar-refractivity contribution is 7.89. The third-order valence-electron chi connectivity index (χ3n) is 4.28. The van der Waals surface area contributed by atoms with Crippen molar-refractivity contribution in [3.63, 3.8) is 0 Å². The van der Waals surface area contributed by atoms with E-state index in [-0.39, 0.29) is 23.3 Å². The number of hydrogen-bond donors (Lipinski definition) is 0. The Morgan fingerprint density at radius 3 is 2.65 bits per heavy atom. The summed E-state index contributed by atoms with van der Waals surface area (Å²) in [5.41, 5.74) is 0. The molecule has 0 aromatic heterocycles. The minimum absolute atomic E-state index is 0.182. The number of nitrogens with zero attached hydrogens (tertiary/aromatic N) is 1. The summed E-state index contributed by atoms with van der Waals surface area (Å²) in [6.45, 7) is 0.616. The normalized spacial score (nSPS) is 19.6. The first-order valence-corrected chi connectivity index (χ1v) is 9.03. The van der Waals surface area contributed by atoms with Crippen molar-refractivity contribution >= 4 is 26.8 Å². The summed E-state index contributed by atoms with van der Waals surface area (Å²) in [5, 5.41) is 1.88. The van der Waals surface area contributed by atoms with E-state index in [1.165, 1.54) is 11.4 Å². The SMILES string of the molecule is COC(=O)C1CCCN(S(=O)(=O)c2ccc3ccccc3c2)C1. The maximum Gasteiger partial charge on any atom is 0.309 e. The van der Waals surface area contributed by atoms with Crippen LogP contribution in [-0.4, -0.2) is 38.9 Å². The molecule has 0 radical (unpaired) electrons. The number of esters is 1. The fourth-order valence-electron chi connectivity index (χ4n) is 3.00. The van der Waals surface area contributed by atoms with Crippen LogP contribution in [0.3, 0.4) is 0 Å². The lowest BCUT2D eigenvalue weighted by molar-refractivity contribution is -0.146. The van der Waals surface area contributed by atoms with Crippen LogP contribution < -0.4 is 0 Å². The van der Waals surface area contributed by atoms with E-state index in [4.69, 9.17) is 4.74 Å². The fourth-order valence-corrected chi connectivity index (χ4v) is 4.56. The van der Waals surface area contributed by atoms with E-state index >= 15 is 0 Å². The molecule has 1 unspecified atom stereocenters. The Kier molecular flexibility index (Phi) is 4.37. The summed E-state index contributed by atoms with van der Waals surface area (Å²) in [6, 6.07) is 12.8. The Bertz CT molecular complexity index is 831. The number of hydrogen-bond acceptors (Lipinski definition) is 4. The van der Waals surface area contributed by atoms with Gasteiger partial charge in [0.05, 0.1) is 17.9 Å². The van der Waals surface area contributed by atoms with Gasteiger partial charge in [-0.25, -0.2) is 8.42 Å². The number of methoxy groups -OCH3 is 1. The predicted molar refractivity (Wildman–Crippen MR) is 87.4 cm³/mol. The summed E-state index contributed by atoms with van der Waals surface area (Å²) >= 11 is 0. The lowest BCUT2D eigenvalue weighted by Gasteiger charge is -2.30. The molecule has 0 aliphatic carbocycles. The molecule has 1 saturated heterocycles. The number of sulfonamides is 1. The lowest BCUT2D eigenvalue weighted by Crippen LogP contribution is -2.42. The van der Waals surface area contributed by atoms with Crippen molar-refractivity contribution in [2.75, 3.05) is 20.2 Å². The standard InChI is InChI=1S/C17H19NO4S/c1-22-17(19)15-7-4-10-18(12-15)23(20,21)16-9-8-13-5-2-3-6-14(13)11-16/h2-3,5-6,8-9,11,15H,4,7,10,12H2,1H3. The van der Waals surface area contributed by atoms with Gasteiger partial charge in [0, 0.05) is 13.1 Å². The van der Waals surface area contributed by atoms with Crippen LogP contribution in [0.4, 0.5) is 0 Å². The molecule has 0 saturated carbocycles. The molecule has 3 rings (SSSR count). The zero-order valence-electron chi connectivity index (χ0n) is 12.9. The first kappa shape index (κ1) is 16.0. The van der Waals surface area contributed by atoms with Crippen LogP contribution in [0.25, 0.3) is 10.8 Å². The second kappa shape index (κ2) is 6.29. The van der Waals surface area contributed by atoms with Crippen LogP contribution in [0.2, 0.25) is 0 Å². The van der Waals surface area contributed by atoms with E-state index in [9.17, 15) is 13.2 Å². The van der Waals surface area contributed by atoms with Crippen molar-refractivity contribution in [3.05, 3.63) is 42.5 Å². The molecule has 0 bridgehead atoms. The highest BCUT2D eigenvalue weighted by atomic mass is 32.2. The summed E-state index contributed by atoms with van der Waals surface area (Å²) < 4.78 is 31.9. The molecule has 122 valence electrons. The number of piperidine rings is 1. The zero-order valence-corrected chi connectivity index (χ0v) is 13.8. The van der Waals surface area contributed by atoms with E-state index in [1.54, 1.807) is 12.1 Å². The molecule has 5 nitrogen and oxygen atoms in total. The average molecular weight is 333 g/mol. The number of carbonyl (C=O) groups excluding carboxylic acids is 1. The molecule has 23 heavy (non-hydrogen) atoms. The average Bonchev–Trinajstić information content (AvgIpc) is 2.60. The van der Waals surface area contributed by atoms with Crippen LogP contribution in [0, 0.1) is 5.92 Å². The number of benzene rings is 2. The summed E-state index contributed by atoms with van der Waals surface area (Å²) in [6.07, 6.45) is 1.32. The summed E-state index contributed by atoms with van der Waals surface area (Å²) in [5.74, 6) is -0.729. The van der Waals surface area contributed by atoms with Crippen molar-refractivity contribution in [1.29, 1.82) is 0 Å². The van der Waals surface area contributed by atoms with Crippen molar-refractivity contribution in [2.24, 2.45) is 5.92 Å². The van der Waals surface area contributed by atoms with Gasteiger partial charge in [0.1, 0.15) is 0 Å². The first-order chi connectivity index (χ1) is 11.0. The molecule has 1 heterocycles. The fraction of sp³-hybridized carbons (Fsp3) is 0.353. The van der Waals surface area contributed by atoms with Crippen LogP contribution in [0.1, 0.15) is 12.8 Å². The maximum atomic E-state index is 12.9. The molecule has 1 atom stereocenters. The van der Waals surface area contributed by atoms with E-state index in [0.29, 0.717) is 19.4 Å². The molecule has 1 aliphatic rings. The van der Waals surface area contributed by atoms with E-state index in [2.05, 4.69) is 0 Å². The number of carbonyl (C=O) groups is 1. The van der Waals surface area contributed by atoms with Crippen LogP contribution in [-0.2, 0) is 19.6 Å². The van der Waals surface area contributed by atoms with Gasteiger partial charge in [0.15, 0.2) is 0 Å². The summed E-state index contributed by atoms with van der Waals surface area (Å²) in [4.78, 5) is 12.0. The van der Waals surface area contributed by atoms with Gasteiger partial charge in [-0.15, -0.1) is 0 Å². The van der Waals surface area contributed by atoms with E-state index < -0.39 is 10.0 Å². The van der Waals surface area contributed by atoms with Crippen LogP contribution in [0.5, 0.6) is 0 Å². The van der Waals surface area contributed by atoms with E-state index in [0.717, 1.165) is 10.8 Å². The van der Waals surface area contributed by atoms with Gasteiger partial charge in [0.25, 0.3) is 0 Å². The molecule has 1 aliphatic heterocycles. The van der Waals surface area contributed by atoms with Crippen molar-refractivity contribution in [1.82, 2.24) is 4.31 Å². The number of ether oxygens (including phenoxy) is 1. The molecule has 0 N–H and O–H groups in total. The molecule has 1 fully saturated rings. The van der Waals surface area contributed by atoms with Gasteiger partial charge in [-0.3, -0.25) is 4.79 Å². The first-order valence-electron chi connectivity index (χ1n) is 7.59. The predicted octanol–water partition coefficient (Wildman–Crippen LogP) is 2.41. The molecule has 6 heteroatoms. The van der Waals surface area contributed by atoms with Gasteiger partial charge in [-0.05, 0) is 35.7 Å². The zero-order chi connectivity index (χ0) is 16.4. The number of rotatable bonds is 3. The Labute approximate surface area is 135 Å². The van der Waals surface area contributed by atoms with Gasteiger partial charge in [-0.1, -0.05) is 30.3 Å². The monoisotopic (exact) mass is 333 g/mol. The van der Waals surface area contributed by atoms with Crippen LogP contribution in [0.15, 0.2) is 47.4 Å². The Hall–Kier alpha value is -1.92. The Morgan fingerprint density at radius 1 is 1.17 bits per heavy atom. The number of fused-ring (bicyclic) bond motifs is 1. The smallest absolute Gasteiger partial charge is 0.309 e. The topological polar surface area (TPSA) is 63.7 Å². The largest absolute Gasteiger partial charge is 0.469 e. The minimum atomic E-state index is -3.60. The van der Waals surface area contributed by atoms with E-state index in [1.807, 2.05) is 30.3 Å². The van der Waals surface area contributed by atoms with Crippen LogP contribution >= 0.6 is 0 Å². The molecule has 0 spiro atoms. The molecule has 0 amide bonds. The highest BCUT2D eigenvalue weighted by Crippen LogP contribution is 2.26. The Balaban J connectivity index is 1.91. The Morgan fingerprint density at radius 2 is 1.91 bits per heavy atom. The van der Waals surface area contributed by atoms with Gasteiger partial charge < -0.3 is 4.74 Å². The summed E-state index contributed by atoms with van der Waals surface area (Å²) in [7, 11) is -2.27. The highest BCUT2D eigenvalue weighted by Gasteiger charge is 2.33. The minimum Gasteiger partial charge on any atom is -0.469 e.